The van der Waals surface area contributed by atoms with E-state index in [1.807, 2.05) is 12.1 Å². The van der Waals surface area contributed by atoms with Crippen molar-refractivity contribution in [1.82, 2.24) is 0 Å². The van der Waals surface area contributed by atoms with Crippen LogP contribution in [0.3, 0.4) is 0 Å². The molecule has 2 heteroatoms. The Morgan fingerprint density at radius 3 is 1.78 bits per heavy atom. The summed E-state index contributed by atoms with van der Waals surface area (Å²) in [6.45, 7) is 0. The first kappa shape index (κ1) is 26.3. The zero-order chi connectivity index (χ0) is 30.5. The van der Waals surface area contributed by atoms with Crippen LogP contribution in [0.5, 0.6) is 0 Å². The van der Waals surface area contributed by atoms with Crippen LogP contribution in [0.15, 0.2) is 180 Å². The molecule has 0 spiro atoms. The highest BCUT2D eigenvalue weighted by Crippen LogP contribution is 2.41. The Balaban J connectivity index is 1.20. The predicted molar refractivity (Wildman–Crippen MR) is 194 cm³/mol. The number of anilines is 3. The van der Waals surface area contributed by atoms with E-state index in [9.17, 15) is 0 Å². The van der Waals surface area contributed by atoms with Gasteiger partial charge < -0.3 is 9.32 Å². The maximum absolute atomic E-state index is 6.19. The van der Waals surface area contributed by atoms with E-state index in [1.54, 1.807) is 0 Å². The van der Waals surface area contributed by atoms with Gasteiger partial charge in [-0.2, -0.15) is 0 Å². The molecule has 0 saturated carbocycles. The first-order chi connectivity index (χ1) is 22.8. The van der Waals surface area contributed by atoms with Gasteiger partial charge in [-0.15, -0.1) is 0 Å². The standard InChI is InChI=1S/C44H29NO/c1-3-12-30(13-4-1)37-18-7-8-19-38(37)31-14-11-17-35(26-31)45(34-15-5-2-6-16-34)36-24-25-39-32(27-36)22-23-33-28-44-42(29-41(33)39)40-20-9-10-21-43(40)46-44/h1-29H. The fraction of sp³-hybridized carbons (Fsp3) is 0. The third-order valence-corrected chi connectivity index (χ3v) is 9.02. The second-order valence-electron chi connectivity index (χ2n) is 11.8. The normalized spacial score (nSPS) is 11.5. The van der Waals surface area contributed by atoms with Crippen molar-refractivity contribution in [1.29, 1.82) is 0 Å². The minimum atomic E-state index is 0.923. The Labute approximate surface area is 267 Å². The molecule has 1 aromatic heterocycles. The Kier molecular flexibility index (Phi) is 6.17. The summed E-state index contributed by atoms with van der Waals surface area (Å²) < 4.78 is 6.19. The molecule has 0 aliphatic heterocycles. The Hall–Kier alpha value is -6.12. The zero-order valence-corrected chi connectivity index (χ0v) is 25.1. The van der Waals surface area contributed by atoms with Gasteiger partial charge in [-0.1, -0.05) is 121 Å². The predicted octanol–water partition coefficient (Wildman–Crippen LogP) is 12.7. The Bertz CT molecular complexity index is 2530. The van der Waals surface area contributed by atoms with Gasteiger partial charge in [0.05, 0.1) is 0 Å². The summed E-state index contributed by atoms with van der Waals surface area (Å²) in [5.41, 5.74) is 10.0. The number of benzene rings is 8. The average Bonchev–Trinajstić information content (AvgIpc) is 3.49. The van der Waals surface area contributed by atoms with E-state index < -0.39 is 0 Å². The van der Waals surface area contributed by atoms with Crippen molar-refractivity contribution in [2.24, 2.45) is 0 Å². The third kappa shape index (κ3) is 4.43. The Morgan fingerprint density at radius 1 is 0.326 bits per heavy atom. The SMILES string of the molecule is c1ccc(-c2ccccc2-c2cccc(N(c3ccccc3)c3ccc4c(ccc5cc6oc7ccccc7c6cc54)c3)c2)cc1. The number of hydrogen-bond acceptors (Lipinski definition) is 2. The number of nitrogens with zero attached hydrogens (tertiary/aromatic N) is 1. The average molecular weight is 588 g/mol. The van der Waals surface area contributed by atoms with Crippen molar-refractivity contribution in [3.05, 3.63) is 176 Å². The van der Waals surface area contributed by atoms with Crippen LogP contribution in [0, 0.1) is 0 Å². The molecule has 0 bridgehead atoms. The van der Waals surface area contributed by atoms with Gasteiger partial charge in [0.1, 0.15) is 11.2 Å². The van der Waals surface area contributed by atoms with Crippen molar-refractivity contribution < 1.29 is 4.42 Å². The number of para-hydroxylation sites is 2. The minimum absolute atomic E-state index is 0.923. The Morgan fingerprint density at radius 2 is 0.957 bits per heavy atom. The molecule has 0 unspecified atom stereocenters. The molecule has 0 N–H and O–H groups in total. The van der Waals surface area contributed by atoms with Crippen LogP contribution in [0.4, 0.5) is 17.1 Å². The van der Waals surface area contributed by atoms with Gasteiger partial charge in [-0.3, -0.25) is 0 Å². The van der Waals surface area contributed by atoms with Gasteiger partial charge in [0.2, 0.25) is 0 Å². The molecule has 0 fully saturated rings. The van der Waals surface area contributed by atoms with Gasteiger partial charge in [-0.05, 0) is 98.4 Å². The van der Waals surface area contributed by atoms with Crippen molar-refractivity contribution in [2.75, 3.05) is 4.90 Å². The lowest BCUT2D eigenvalue weighted by Gasteiger charge is -2.26. The van der Waals surface area contributed by atoms with Crippen molar-refractivity contribution in [2.45, 2.75) is 0 Å². The van der Waals surface area contributed by atoms with Gasteiger partial charge in [-0.25, -0.2) is 0 Å². The van der Waals surface area contributed by atoms with E-state index >= 15 is 0 Å². The minimum Gasteiger partial charge on any atom is -0.456 e. The molecule has 0 amide bonds. The van der Waals surface area contributed by atoms with Crippen molar-refractivity contribution >= 4 is 60.5 Å². The highest BCUT2D eigenvalue weighted by molar-refractivity contribution is 6.16. The molecule has 0 atom stereocenters. The summed E-state index contributed by atoms with van der Waals surface area (Å²) in [6, 6.07) is 62.8. The van der Waals surface area contributed by atoms with Crippen LogP contribution < -0.4 is 4.90 Å². The third-order valence-electron chi connectivity index (χ3n) is 9.02. The monoisotopic (exact) mass is 587 g/mol. The van der Waals surface area contributed by atoms with Crippen LogP contribution in [0.2, 0.25) is 0 Å². The van der Waals surface area contributed by atoms with Crippen LogP contribution >= 0.6 is 0 Å². The second-order valence-corrected chi connectivity index (χ2v) is 11.8. The number of furan rings is 1. The summed E-state index contributed by atoms with van der Waals surface area (Å²) in [6.07, 6.45) is 0. The van der Waals surface area contributed by atoms with Crippen LogP contribution in [-0.4, -0.2) is 0 Å². The van der Waals surface area contributed by atoms with E-state index in [0.717, 1.165) is 39.0 Å². The molecule has 1 heterocycles. The van der Waals surface area contributed by atoms with E-state index in [-0.39, 0.29) is 0 Å². The van der Waals surface area contributed by atoms with Gasteiger partial charge >= 0.3 is 0 Å². The van der Waals surface area contributed by atoms with Crippen LogP contribution in [0.1, 0.15) is 0 Å². The number of fused-ring (bicyclic) bond motifs is 6. The molecular formula is C44H29NO. The fourth-order valence-electron chi connectivity index (χ4n) is 6.85. The lowest BCUT2D eigenvalue weighted by molar-refractivity contribution is 0.669. The molecule has 8 aromatic carbocycles. The fourth-order valence-corrected chi connectivity index (χ4v) is 6.85. The van der Waals surface area contributed by atoms with E-state index in [2.05, 4.69) is 169 Å². The highest BCUT2D eigenvalue weighted by Gasteiger charge is 2.16. The quantitative estimate of drug-likeness (QED) is 0.186. The van der Waals surface area contributed by atoms with Gasteiger partial charge in [0, 0.05) is 27.8 Å². The topological polar surface area (TPSA) is 16.4 Å². The van der Waals surface area contributed by atoms with Gasteiger partial charge in [0.15, 0.2) is 0 Å². The molecule has 46 heavy (non-hydrogen) atoms. The lowest BCUT2D eigenvalue weighted by Crippen LogP contribution is -2.09. The van der Waals surface area contributed by atoms with Crippen LogP contribution in [-0.2, 0) is 0 Å². The number of hydrogen-bond donors (Lipinski definition) is 0. The smallest absolute Gasteiger partial charge is 0.136 e. The summed E-state index contributed by atoms with van der Waals surface area (Å²) >= 11 is 0. The zero-order valence-electron chi connectivity index (χ0n) is 25.1. The summed E-state index contributed by atoms with van der Waals surface area (Å²) in [7, 11) is 0. The summed E-state index contributed by atoms with van der Waals surface area (Å²) in [5.74, 6) is 0. The first-order valence-electron chi connectivity index (χ1n) is 15.7. The molecule has 9 rings (SSSR count). The molecule has 0 aliphatic rings. The second kappa shape index (κ2) is 10.8. The molecule has 9 aromatic rings. The highest BCUT2D eigenvalue weighted by atomic mass is 16.3. The van der Waals surface area contributed by atoms with E-state index in [4.69, 9.17) is 4.42 Å². The molecular weight excluding hydrogens is 558 g/mol. The van der Waals surface area contributed by atoms with Crippen LogP contribution in [0.25, 0.3) is 65.7 Å². The summed E-state index contributed by atoms with van der Waals surface area (Å²) in [5, 5.41) is 7.14. The molecule has 2 nitrogen and oxygen atoms in total. The van der Waals surface area contributed by atoms with Gasteiger partial charge in [0.25, 0.3) is 0 Å². The molecule has 216 valence electrons. The number of rotatable bonds is 5. The van der Waals surface area contributed by atoms with Crippen molar-refractivity contribution in [3.63, 3.8) is 0 Å². The van der Waals surface area contributed by atoms with Crippen molar-refractivity contribution in [3.8, 4) is 22.3 Å². The maximum Gasteiger partial charge on any atom is 0.136 e. The molecule has 0 aliphatic carbocycles. The van der Waals surface area contributed by atoms with E-state index in [0.29, 0.717) is 0 Å². The molecule has 0 saturated heterocycles. The largest absolute Gasteiger partial charge is 0.456 e. The maximum atomic E-state index is 6.19. The molecule has 0 radical (unpaired) electrons. The lowest BCUT2D eigenvalue weighted by atomic mass is 9.94. The summed E-state index contributed by atoms with van der Waals surface area (Å²) in [4.78, 5) is 2.35. The van der Waals surface area contributed by atoms with E-state index in [1.165, 1.54) is 43.8 Å². The first-order valence-corrected chi connectivity index (χ1v) is 15.7.